The first kappa shape index (κ1) is 88.1. The van der Waals surface area contributed by atoms with Crippen LogP contribution in [0.15, 0.2) is 0 Å². The summed E-state index contributed by atoms with van der Waals surface area (Å²) in [6.45, 7) is 14.1. The zero-order valence-electron chi connectivity index (χ0n) is 58.8. The number of aliphatic hydroxyl groups excluding tert-OH is 1. The van der Waals surface area contributed by atoms with Crippen LogP contribution in [0.2, 0.25) is 0 Å². The number of unbranched alkanes of at least 4 members (excludes halogenated alkanes) is 33. The summed E-state index contributed by atoms with van der Waals surface area (Å²) in [5.74, 6) is 0.878. The van der Waals surface area contributed by atoms with E-state index in [-0.39, 0.29) is 25.7 Å². The van der Waals surface area contributed by atoms with Gasteiger partial charge in [-0.3, -0.25) is 37.3 Å². The van der Waals surface area contributed by atoms with Gasteiger partial charge in [0.15, 0.2) is 12.2 Å². The van der Waals surface area contributed by atoms with Gasteiger partial charge in [-0.15, -0.1) is 0 Å². The quantitative estimate of drug-likeness (QED) is 0.0222. The Morgan fingerprint density at radius 3 is 0.789 bits per heavy atom. The SMILES string of the molecule is CCC(C)CCCCCCCCCCCCC(=O)O[C@H](COC(=O)CCCCCCCCCC(C)C)COP(=O)(O)OCC(O)COP(=O)(O)OC[C@@H](COC(=O)CCCCCCCCCCCCCCC(C)C)OC(=O)CCCCCCCCCCC(C)C. The number of esters is 4. The highest BCUT2D eigenvalue weighted by Gasteiger charge is 2.30. The molecule has 0 bridgehead atoms. The summed E-state index contributed by atoms with van der Waals surface area (Å²) in [6.07, 6.45) is 43.1. The Morgan fingerprint density at radius 1 is 0.311 bits per heavy atom. The molecule has 0 aliphatic carbocycles. The van der Waals surface area contributed by atoms with Gasteiger partial charge in [0.05, 0.1) is 26.4 Å². The first-order valence-corrected chi connectivity index (χ1v) is 39.7. The van der Waals surface area contributed by atoms with Crippen molar-refractivity contribution in [2.75, 3.05) is 39.6 Å². The van der Waals surface area contributed by atoms with E-state index in [1.54, 1.807) is 0 Å². The van der Waals surface area contributed by atoms with Crippen molar-refractivity contribution in [2.45, 2.75) is 369 Å². The van der Waals surface area contributed by atoms with E-state index in [4.69, 9.17) is 37.0 Å². The first-order chi connectivity index (χ1) is 43.1. The van der Waals surface area contributed by atoms with Crippen molar-refractivity contribution >= 4 is 39.5 Å². The molecule has 0 aromatic rings. The van der Waals surface area contributed by atoms with Crippen LogP contribution in [0.4, 0.5) is 0 Å². The molecule has 0 heterocycles. The summed E-state index contributed by atoms with van der Waals surface area (Å²) in [7, 11) is -9.90. The smallest absolute Gasteiger partial charge is 0.462 e. The fourth-order valence-corrected chi connectivity index (χ4v) is 12.2. The van der Waals surface area contributed by atoms with Crippen molar-refractivity contribution in [3.8, 4) is 0 Å². The second-order valence-corrected chi connectivity index (χ2v) is 30.2. The van der Waals surface area contributed by atoms with Crippen LogP contribution in [0, 0.1) is 23.7 Å². The van der Waals surface area contributed by atoms with E-state index in [0.29, 0.717) is 31.6 Å². The number of rotatable bonds is 68. The van der Waals surface area contributed by atoms with Crippen LogP contribution >= 0.6 is 15.6 Å². The maximum atomic E-state index is 13.0. The summed E-state index contributed by atoms with van der Waals surface area (Å²) in [4.78, 5) is 72.6. The van der Waals surface area contributed by atoms with E-state index in [9.17, 15) is 43.2 Å². The molecule has 0 rings (SSSR count). The third kappa shape index (κ3) is 63.5. The normalized spacial score (nSPS) is 14.6. The number of hydrogen-bond acceptors (Lipinski definition) is 15. The molecule has 0 radical (unpaired) electrons. The van der Waals surface area contributed by atoms with Gasteiger partial charge in [0.2, 0.25) is 0 Å². The van der Waals surface area contributed by atoms with Crippen LogP contribution in [-0.2, 0) is 65.4 Å². The van der Waals surface area contributed by atoms with Gasteiger partial charge in [0.1, 0.15) is 19.3 Å². The monoisotopic (exact) mass is 1320 g/mol. The van der Waals surface area contributed by atoms with E-state index in [0.717, 1.165) is 114 Å². The largest absolute Gasteiger partial charge is 0.472 e. The molecule has 3 N–H and O–H groups in total. The zero-order chi connectivity index (χ0) is 66.8. The number of aliphatic hydroxyl groups is 1. The lowest BCUT2D eigenvalue weighted by molar-refractivity contribution is -0.161. The van der Waals surface area contributed by atoms with Crippen LogP contribution in [0.1, 0.15) is 351 Å². The fraction of sp³-hybridized carbons (Fsp3) is 0.944. The van der Waals surface area contributed by atoms with Crippen molar-refractivity contribution in [2.24, 2.45) is 23.7 Å². The molecule has 0 fully saturated rings. The minimum absolute atomic E-state index is 0.104. The molecule has 17 nitrogen and oxygen atoms in total. The molecular formula is C71H138O17P2. The average molecular weight is 1330 g/mol. The summed E-state index contributed by atoms with van der Waals surface area (Å²) < 4.78 is 68.3. The van der Waals surface area contributed by atoms with E-state index >= 15 is 0 Å². The standard InChI is InChI=1S/C71H138O17P2/c1-9-64(8)50-42-34-26-17-14-15-19-28-37-45-53-70(75)87-67(58-82-69(74)52-44-36-30-22-25-33-41-49-63(6)7)60-86-90(79,80)84-56-65(72)55-83-89(77,78)85-59-66(88-71(76)54-46-38-29-21-20-24-32-40-48-62(4)5)57-81-68(73)51-43-35-27-18-13-11-10-12-16-23-31-39-47-61(2)3/h61-67,72H,9-60H2,1-8H3,(H,77,78)(H,79,80)/t64?,65?,66-,67-/m1/s1. The Labute approximate surface area is 549 Å². The van der Waals surface area contributed by atoms with Gasteiger partial charge in [-0.05, 0) is 49.4 Å². The molecule has 6 atom stereocenters. The van der Waals surface area contributed by atoms with Gasteiger partial charge >= 0.3 is 39.5 Å². The second kappa shape index (κ2) is 60.7. The van der Waals surface area contributed by atoms with Crippen molar-refractivity contribution in [3.05, 3.63) is 0 Å². The Hall–Kier alpha value is -1.94. The summed E-state index contributed by atoms with van der Waals surface area (Å²) in [5.41, 5.74) is 0. The molecule has 0 saturated heterocycles. The number of phosphoric acid groups is 2. The summed E-state index contributed by atoms with van der Waals surface area (Å²) in [5, 5.41) is 10.6. The van der Waals surface area contributed by atoms with Crippen LogP contribution < -0.4 is 0 Å². The number of carbonyl (C=O) groups is 4. The third-order valence-corrected chi connectivity index (χ3v) is 18.6. The Balaban J connectivity index is 5.24. The maximum Gasteiger partial charge on any atom is 0.472 e. The van der Waals surface area contributed by atoms with Crippen LogP contribution in [0.3, 0.4) is 0 Å². The van der Waals surface area contributed by atoms with Gasteiger partial charge in [0, 0.05) is 25.7 Å². The topological polar surface area (TPSA) is 237 Å². The molecule has 0 aliphatic rings. The molecule has 0 aromatic heterocycles. The molecule has 19 heteroatoms. The number of ether oxygens (including phenoxy) is 4. The molecular weight excluding hydrogens is 1190 g/mol. The predicted octanol–water partition coefficient (Wildman–Crippen LogP) is 20.1. The van der Waals surface area contributed by atoms with E-state index in [1.165, 1.54) is 148 Å². The number of hydrogen-bond donors (Lipinski definition) is 3. The summed E-state index contributed by atoms with van der Waals surface area (Å²) in [6, 6.07) is 0. The van der Waals surface area contributed by atoms with Crippen LogP contribution in [0.25, 0.3) is 0 Å². The molecule has 534 valence electrons. The maximum absolute atomic E-state index is 13.0. The highest BCUT2D eigenvalue weighted by Crippen LogP contribution is 2.45. The number of carbonyl (C=O) groups excluding carboxylic acids is 4. The van der Waals surface area contributed by atoms with E-state index in [2.05, 4.69) is 55.4 Å². The second-order valence-electron chi connectivity index (χ2n) is 27.3. The first-order valence-electron chi connectivity index (χ1n) is 36.7. The third-order valence-electron chi connectivity index (χ3n) is 16.7. The number of phosphoric ester groups is 2. The molecule has 0 aliphatic heterocycles. The van der Waals surface area contributed by atoms with Gasteiger partial charge in [-0.1, -0.05) is 299 Å². The lowest BCUT2D eigenvalue weighted by atomic mass is 9.99. The lowest BCUT2D eigenvalue weighted by Gasteiger charge is -2.21. The molecule has 0 spiro atoms. The Morgan fingerprint density at radius 2 is 0.533 bits per heavy atom. The van der Waals surface area contributed by atoms with Crippen molar-refractivity contribution in [1.82, 2.24) is 0 Å². The van der Waals surface area contributed by atoms with Crippen LogP contribution in [-0.4, -0.2) is 96.7 Å². The Kier molecular flexibility index (Phi) is 59.4. The highest BCUT2D eigenvalue weighted by atomic mass is 31.2. The van der Waals surface area contributed by atoms with E-state index < -0.39 is 97.5 Å². The highest BCUT2D eigenvalue weighted by molar-refractivity contribution is 7.47. The van der Waals surface area contributed by atoms with E-state index in [1.807, 2.05) is 0 Å². The minimum atomic E-state index is -4.95. The van der Waals surface area contributed by atoms with Crippen molar-refractivity contribution < 1.29 is 80.2 Å². The average Bonchev–Trinajstić information content (AvgIpc) is 3.59. The van der Waals surface area contributed by atoms with Crippen LogP contribution in [0.5, 0.6) is 0 Å². The predicted molar refractivity (Wildman–Crippen MR) is 363 cm³/mol. The molecule has 0 saturated carbocycles. The van der Waals surface area contributed by atoms with Gasteiger partial charge in [-0.25, -0.2) is 9.13 Å². The summed E-state index contributed by atoms with van der Waals surface area (Å²) >= 11 is 0. The van der Waals surface area contributed by atoms with Crippen molar-refractivity contribution in [1.29, 1.82) is 0 Å². The molecule has 0 amide bonds. The zero-order valence-corrected chi connectivity index (χ0v) is 60.6. The van der Waals surface area contributed by atoms with Gasteiger partial charge < -0.3 is 33.8 Å². The fourth-order valence-electron chi connectivity index (χ4n) is 10.6. The van der Waals surface area contributed by atoms with Gasteiger partial charge in [0.25, 0.3) is 0 Å². The lowest BCUT2D eigenvalue weighted by Crippen LogP contribution is -2.30. The molecule has 90 heavy (non-hydrogen) atoms. The molecule has 4 unspecified atom stereocenters. The van der Waals surface area contributed by atoms with Crippen molar-refractivity contribution in [3.63, 3.8) is 0 Å². The van der Waals surface area contributed by atoms with Gasteiger partial charge in [-0.2, -0.15) is 0 Å². The Bertz CT molecular complexity index is 1780. The molecule has 0 aromatic carbocycles. The minimum Gasteiger partial charge on any atom is -0.462 e.